The lowest BCUT2D eigenvalue weighted by Gasteiger charge is -2.12. The minimum absolute atomic E-state index is 0.108. The van der Waals surface area contributed by atoms with Crippen molar-refractivity contribution in [2.24, 2.45) is 4.99 Å². The predicted octanol–water partition coefficient (Wildman–Crippen LogP) is 5.69. The molecule has 1 saturated heterocycles. The van der Waals surface area contributed by atoms with Crippen LogP contribution in [0.25, 0.3) is 6.08 Å². The Morgan fingerprint density at radius 1 is 1.09 bits per heavy atom. The van der Waals surface area contributed by atoms with Crippen molar-refractivity contribution < 1.29 is 14.3 Å². The standard InChI is InChI=1S/C27H23N3O3S/c1-18-8-11-22(12-9-18)29-27-30(2)26(31)25(34-27)15-19-10-13-23(24(14-19)32-3)33-17-21-7-5-4-6-20(21)16-28/h4-15H,17H2,1-3H3/b25-15+,29-27?. The lowest BCUT2D eigenvalue weighted by Crippen LogP contribution is -2.23. The normalized spacial score (nSPS) is 15.6. The highest BCUT2D eigenvalue weighted by Crippen LogP contribution is 2.35. The zero-order valence-corrected chi connectivity index (χ0v) is 19.9. The van der Waals surface area contributed by atoms with Gasteiger partial charge in [-0.05, 0) is 60.7 Å². The molecule has 0 aliphatic carbocycles. The van der Waals surface area contributed by atoms with E-state index in [1.807, 2.05) is 67.6 Å². The van der Waals surface area contributed by atoms with E-state index < -0.39 is 0 Å². The summed E-state index contributed by atoms with van der Waals surface area (Å²) in [5, 5.41) is 9.89. The van der Waals surface area contributed by atoms with Gasteiger partial charge in [0, 0.05) is 12.6 Å². The van der Waals surface area contributed by atoms with Gasteiger partial charge >= 0.3 is 0 Å². The number of aliphatic imine (C=N–C) groups is 1. The summed E-state index contributed by atoms with van der Waals surface area (Å²) in [6.07, 6.45) is 1.82. The number of ether oxygens (including phenoxy) is 2. The number of likely N-dealkylation sites (N-methyl/N-ethyl adjacent to an activating group) is 1. The largest absolute Gasteiger partial charge is 0.493 e. The Balaban J connectivity index is 1.53. The molecule has 1 amide bonds. The van der Waals surface area contributed by atoms with E-state index in [0.29, 0.717) is 27.1 Å². The number of thioether (sulfide) groups is 1. The third kappa shape index (κ3) is 5.13. The van der Waals surface area contributed by atoms with Crippen molar-refractivity contribution in [1.82, 2.24) is 4.90 Å². The zero-order valence-electron chi connectivity index (χ0n) is 19.1. The number of amidine groups is 1. The lowest BCUT2D eigenvalue weighted by molar-refractivity contribution is -0.121. The molecule has 0 spiro atoms. The maximum Gasteiger partial charge on any atom is 0.266 e. The van der Waals surface area contributed by atoms with E-state index in [9.17, 15) is 10.1 Å². The van der Waals surface area contributed by atoms with Crippen LogP contribution in [0.4, 0.5) is 5.69 Å². The van der Waals surface area contributed by atoms with Gasteiger partial charge in [0.1, 0.15) is 6.61 Å². The highest BCUT2D eigenvalue weighted by atomic mass is 32.2. The third-order valence-corrected chi connectivity index (χ3v) is 6.33. The molecule has 1 aliphatic heterocycles. The van der Waals surface area contributed by atoms with Crippen LogP contribution in [0, 0.1) is 18.3 Å². The first kappa shape index (κ1) is 23.1. The summed E-state index contributed by atoms with van der Waals surface area (Å²) < 4.78 is 11.4. The summed E-state index contributed by atoms with van der Waals surface area (Å²) in [5.41, 5.74) is 4.14. The van der Waals surface area contributed by atoms with Crippen LogP contribution in [0.15, 0.2) is 76.6 Å². The second-order valence-corrected chi connectivity index (χ2v) is 8.68. The van der Waals surface area contributed by atoms with Crippen LogP contribution in [0.1, 0.15) is 22.3 Å². The van der Waals surface area contributed by atoms with Crippen LogP contribution in [0.2, 0.25) is 0 Å². The van der Waals surface area contributed by atoms with E-state index in [1.54, 1.807) is 31.2 Å². The van der Waals surface area contributed by atoms with E-state index in [4.69, 9.17) is 9.47 Å². The molecule has 1 heterocycles. The Morgan fingerprint density at radius 3 is 2.59 bits per heavy atom. The van der Waals surface area contributed by atoms with Crippen LogP contribution >= 0.6 is 11.8 Å². The minimum Gasteiger partial charge on any atom is -0.493 e. The molecule has 34 heavy (non-hydrogen) atoms. The van der Waals surface area contributed by atoms with Gasteiger partial charge in [0.15, 0.2) is 16.7 Å². The van der Waals surface area contributed by atoms with E-state index in [1.165, 1.54) is 11.8 Å². The van der Waals surface area contributed by atoms with Gasteiger partial charge in [-0.3, -0.25) is 9.69 Å². The van der Waals surface area contributed by atoms with Crippen molar-refractivity contribution in [3.05, 3.63) is 93.9 Å². The molecule has 3 aromatic rings. The van der Waals surface area contributed by atoms with Crippen molar-refractivity contribution in [1.29, 1.82) is 5.26 Å². The van der Waals surface area contributed by atoms with Crippen molar-refractivity contribution in [3.63, 3.8) is 0 Å². The first-order valence-electron chi connectivity index (χ1n) is 10.6. The number of carbonyl (C=O) groups is 1. The third-order valence-electron chi connectivity index (χ3n) is 5.27. The second kappa shape index (κ2) is 10.3. The molecule has 0 unspecified atom stereocenters. The van der Waals surface area contributed by atoms with Crippen molar-refractivity contribution in [2.75, 3.05) is 14.2 Å². The molecule has 3 aromatic carbocycles. The fourth-order valence-electron chi connectivity index (χ4n) is 3.34. The van der Waals surface area contributed by atoms with Crippen LogP contribution in [-0.2, 0) is 11.4 Å². The van der Waals surface area contributed by atoms with Gasteiger partial charge in [-0.1, -0.05) is 42.0 Å². The molecule has 0 aromatic heterocycles. The highest BCUT2D eigenvalue weighted by Gasteiger charge is 2.30. The maximum absolute atomic E-state index is 12.8. The summed E-state index contributed by atoms with van der Waals surface area (Å²) in [6.45, 7) is 2.27. The number of hydrogen-bond donors (Lipinski definition) is 0. The number of amides is 1. The van der Waals surface area contributed by atoms with Crippen molar-refractivity contribution >= 4 is 34.6 Å². The average molecular weight is 470 g/mol. The molecule has 0 bridgehead atoms. The van der Waals surface area contributed by atoms with Gasteiger partial charge in [0.05, 0.1) is 29.3 Å². The van der Waals surface area contributed by atoms with Gasteiger partial charge in [0.2, 0.25) is 0 Å². The van der Waals surface area contributed by atoms with Crippen molar-refractivity contribution in [2.45, 2.75) is 13.5 Å². The SMILES string of the molecule is COc1cc(/C=C2/SC(=Nc3ccc(C)cc3)N(C)C2=O)ccc1OCc1ccccc1C#N. The minimum atomic E-state index is -0.108. The molecular formula is C27H23N3O3S. The van der Waals surface area contributed by atoms with Crippen LogP contribution < -0.4 is 9.47 Å². The van der Waals surface area contributed by atoms with Gasteiger partial charge in [-0.25, -0.2) is 4.99 Å². The predicted molar refractivity (Wildman–Crippen MR) is 135 cm³/mol. The Kier molecular flexibility index (Phi) is 7.00. The molecule has 1 aliphatic rings. The number of nitrogens with zero attached hydrogens (tertiary/aromatic N) is 3. The molecule has 0 saturated carbocycles. The number of methoxy groups -OCH3 is 1. The molecule has 0 radical (unpaired) electrons. The topological polar surface area (TPSA) is 74.9 Å². The van der Waals surface area contributed by atoms with E-state index in [2.05, 4.69) is 11.1 Å². The monoisotopic (exact) mass is 469 g/mol. The highest BCUT2D eigenvalue weighted by molar-refractivity contribution is 8.18. The van der Waals surface area contributed by atoms with Gasteiger partial charge < -0.3 is 9.47 Å². The number of benzene rings is 3. The molecular weight excluding hydrogens is 446 g/mol. The number of hydrogen-bond acceptors (Lipinski definition) is 6. The van der Waals surface area contributed by atoms with Gasteiger partial charge in [-0.2, -0.15) is 5.26 Å². The van der Waals surface area contributed by atoms with Gasteiger partial charge in [-0.15, -0.1) is 0 Å². The first-order chi connectivity index (χ1) is 16.5. The zero-order chi connectivity index (χ0) is 24.1. The Bertz CT molecular complexity index is 1320. The Labute approximate surface area is 203 Å². The van der Waals surface area contributed by atoms with Gasteiger partial charge in [0.25, 0.3) is 5.91 Å². The number of carbonyl (C=O) groups excluding carboxylic acids is 1. The molecule has 0 N–H and O–H groups in total. The second-order valence-electron chi connectivity index (χ2n) is 7.67. The summed E-state index contributed by atoms with van der Waals surface area (Å²) in [6, 6.07) is 22.8. The van der Waals surface area contributed by atoms with Crippen molar-refractivity contribution in [3.8, 4) is 17.6 Å². The molecule has 170 valence electrons. The van der Waals surface area contributed by atoms with Crippen LogP contribution in [0.5, 0.6) is 11.5 Å². The Morgan fingerprint density at radius 2 is 1.85 bits per heavy atom. The molecule has 1 fully saturated rings. The van der Waals surface area contributed by atoms with E-state index in [0.717, 1.165) is 22.4 Å². The summed E-state index contributed by atoms with van der Waals surface area (Å²) in [5.74, 6) is 0.992. The molecule has 7 heteroatoms. The quantitative estimate of drug-likeness (QED) is 0.434. The summed E-state index contributed by atoms with van der Waals surface area (Å²) >= 11 is 1.33. The fraction of sp³-hybridized carbons (Fsp3) is 0.148. The van der Waals surface area contributed by atoms with Crippen LogP contribution in [-0.4, -0.2) is 30.1 Å². The first-order valence-corrected chi connectivity index (χ1v) is 11.4. The number of rotatable bonds is 6. The Hall–Kier alpha value is -4.02. The van der Waals surface area contributed by atoms with E-state index in [-0.39, 0.29) is 12.5 Å². The summed E-state index contributed by atoms with van der Waals surface area (Å²) in [7, 11) is 3.29. The van der Waals surface area contributed by atoms with Crippen LogP contribution in [0.3, 0.4) is 0 Å². The molecule has 4 rings (SSSR count). The average Bonchev–Trinajstić information content (AvgIpc) is 3.12. The maximum atomic E-state index is 12.8. The summed E-state index contributed by atoms with van der Waals surface area (Å²) in [4.78, 5) is 19.5. The molecule has 6 nitrogen and oxygen atoms in total. The number of aryl methyl sites for hydroxylation is 1. The lowest BCUT2D eigenvalue weighted by atomic mass is 10.1. The fourth-order valence-corrected chi connectivity index (χ4v) is 4.32. The smallest absolute Gasteiger partial charge is 0.266 e. The van der Waals surface area contributed by atoms with E-state index >= 15 is 0 Å². The number of nitriles is 1. The molecule has 0 atom stereocenters.